The zero-order valence-corrected chi connectivity index (χ0v) is 12.7. The molecule has 0 radical (unpaired) electrons. The predicted octanol–water partition coefficient (Wildman–Crippen LogP) is 3.46. The van der Waals surface area contributed by atoms with E-state index in [2.05, 4.69) is 9.97 Å². The summed E-state index contributed by atoms with van der Waals surface area (Å²) in [5.74, 6) is 0.898. The molecule has 3 aromatic rings. The van der Waals surface area contributed by atoms with E-state index in [4.69, 9.17) is 10.5 Å². The highest BCUT2D eigenvalue weighted by molar-refractivity contribution is 5.60. The average molecular weight is 309 g/mol. The van der Waals surface area contributed by atoms with Gasteiger partial charge in [-0.15, -0.1) is 0 Å². The molecule has 0 fully saturated rings. The van der Waals surface area contributed by atoms with Gasteiger partial charge in [-0.2, -0.15) is 0 Å². The van der Waals surface area contributed by atoms with Gasteiger partial charge in [-0.05, 0) is 42.0 Å². The van der Waals surface area contributed by atoms with E-state index in [-0.39, 0.29) is 5.82 Å². The second-order valence-corrected chi connectivity index (χ2v) is 5.12. The maximum atomic E-state index is 13.0. The van der Waals surface area contributed by atoms with Crippen molar-refractivity contribution in [2.24, 2.45) is 0 Å². The second-order valence-electron chi connectivity index (χ2n) is 5.12. The van der Waals surface area contributed by atoms with E-state index < -0.39 is 0 Å². The molecule has 0 bridgehead atoms. The van der Waals surface area contributed by atoms with E-state index in [1.165, 1.54) is 12.1 Å². The number of benzene rings is 2. The molecule has 0 saturated carbocycles. The van der Waals surface area contributed by atoms with Crippen molar-refractivity contribution in [3.05, 3.63) is 71.8 Å². The third kappa shape index (κ3) is 3.45. The number of methoxy groups -OCH3 is 1. The summed E-state index contributed by atoms with van der Waals surface area (Å²) in [5, 5.41) is 0. The van der Waals surface area contributed by atoms with Gasteiger partial charge >= 0.3 is 0 Å². The SMILES string of the molecule is COc1ccc(-c2cnc(N)c(Cc3ccc(F)cc3)n2)cc1. The molecule has 23 heavy (non-hydrogen) atoms. The van der Waals surface area contributed by atoms with Gasteiger partial charge in [-0.3, -0.25) is 0 Å². The molecule has 1 heterocycles. The summed E-state index contributed by atoms with van der Waals surface area (Å²) in [6.45, 7) is 0. The smallest absolute Gasteiger partial charge is 0.145 e. The van der Waals surface area contributed by atoms with E-state index in [0.717, 1.165) is 22.6 Å². The Balaban J connectivity index is 1.90. The van der Waals surface area contributed by atoms with Gasteiger partial charge in [0.1, 0.15) is 17.4 Å². The Bertz CT molecular complexity index is 802. The number of hydrogen-bond acceptors (Lipinski definition) is 4. The van der Waals surface area contributed by atoms with Crippen molar-refractivity contribution in [3.63, 3.8) is 0 Å². The number of rotatable bonds is 4. The van der Waals surface area contributed by atoms with Crippen molar-refractivity contribution in [2.45, 2.75) is 6.42 Å². The van der Waals surface area contributed by atoms with Crippen molar-refractivity contribution in [1.29, 1.82) is 0 Å². The molecule has 3 rings (SSSR count). The van der Waals surface area contributed by atoms with Crippen LogP contribution in [-0.2, 0) is 6.42 Å². The minimum atomic E-state index is -0.264. The Kier molecular flexibility index (Phi) is 4.19. The third-order valence-electron chi connectivity index (χ3n) is 3.55. The standard InChI is InChI=1S/C18H16FN3O/c1-23-15-8-4-13(5-9-15)17-11-21-18(20)16(22-17)10-12-2-6-14(19)7-3-12/h2-9,11H,10H2,1H3,(H2,20,21). The molecular weight excluding hydrogens is 293 g/mol. The molecule has 4 nitrogen and oxygen atoms in total. The van der Waals surface area contributed by atoms with Crippen molar-refractivity contribution in [3.8, 4) is 17.0 Å². The zero-order valence-electron chi connectivity index (χ0n) is 12.7. The minimum absolute atomic E-state index is 0.264. The molecule has 1 aromatic heterocycles. The number of hydrogen-bond donors (Lipinski definition) is 1. The quantitative estimate of drug-likeness (QED) is 0.801. The Morgan fingerprint density at radius 1 is 1.04 bits per heavy atom. The fraction of sp³-hybridized carbons (Fsp3) is 0.111. The van der Waals surface area contributed by atoms with Gasteiger partial charge < -0.3 is 10.5 Å². The number of halogens is 1. The largest absolute Gasteiger partial charge is 0.497 e. The van der Waals surface area contributed by atoms with Gasteiger partial charge in [-0.1, -0.05) is 12.1 Å². The summed E-state index contributed by atoms with van der Waals surface area (Å²) >= 11 is 0. The Morgan fingerprint density at radius 2 is 1.74 bits per heavy atom. The summed E-state index contributed by atoms with van der Waals surface area (Å²) in [7, 11) is 1.62. The van der Waals surface area contributed by atoms with Crippen LogP contribution in [0.1, 0.15) is 11.3 Å². The summed E-state index contributed by atoms with van der Waals surface area (Å²) in [5.41, 5.74) is 9.19. The molecule has 0 aliphatic carbocycles. The molecule has 0 aliphatic heterocycles. The van der Waals surface area contributed by atoms with Gasteiger partial charge in [0.2, 0.25) is 0 Å². The Hall–Kier alpha value is -2.95. The molecule has 2 N–H and O–H groups in total. The van der Waals surface area contributed by atoms with Gasteiger partial charge in [0.15, 0.2) is 0 Å². The lowest BCUT2D eigenvalue weighted by Crippen LogP contribution is -2.03. The highest BCUT2D eigenvalue weighted by Crippen LogP contribution is 2.22. The van der Waals surface area contributed by atoms with Gasteiger partial charge in [0.25, 0.3) is 0 Å². The molecule has 0 unspecified atom stereocenters. The van der Waals surface area contributed by atoms with E-state index in [0.29, 0.717) is 17.9 Å². The van der Waals surface area contributed by atoms with Gasteiger partial charge in [-0.25, -0.2) is 14.4 Å². The van der Waals surface area contributed by atoms with E-state index in [9.17, 15) is 4.39 Å². The summed E-state index contributed by atoms with van der Waals surface area (Å²) in [6, 6.07) is 13.9. The van der Waals surface area contributed by atoms with Gasteiger partial charge in [0.05, 0.1) is 24.7 Å². The van der Waals surface area contributed by atoms with E-state index >= 15 is 0 Å². The molecule has 116 valence electrons. The average Bonchev–Trinajstić information content (AvgIpc) is 2.59. The normalized spacial score (nSPS) is 10.5. The number of nitrogen functional groups attached to an aromatic ring is 1. The zero-order chi connectivity index (χ0) is 16.2. The number of ether oxygens (including phenoxy) is 1. The van der Waals surface area contributed by atoms with Crippen LogP contribution >= 0.6 is 0 Å². The van der Waals surface area contributed by atoms with Crippen LogP contribution in [0.2, 0.25) is 0 Å². The van der Waals surface area contributed by atoms with Crippen LogP contribution in [0.25, 0.3) is 11.3 Å². The summed E-state index contributed by atoms with van der Waals surface area (Å²) in [4.78, 5) is 8.82. The lowest BCUT2D eigenvalue weighted by atomic mass is 10.1. The van der Waals surface area contributed by atoms with Crippen LogP contribution < -0.4 is 10.5 Å². The molecule has 0 spiro atoms. The first-order valence-corrected chi connectivity index (χ1v) is 7.16. The van der Waals surface area contributed by atoms with Crippen LogP contribution in [0, 0.1) is 5.82 Å². The summed E-state index contributed by atoms with van der Waals surface area (Å²) < 4.78 is 18.1. The van der Waals surface area contributed by atoms with Crippen LogP contribution in [0.5, 0.6) is 5.75 Å². The fourth-order valence-corrected chi connectivity index (χ4v) is 2.26. The number of anilines is 1. The molecule has 2 aromatic carbocycles. The van der Waals surface area contributed by atoms with Gasteiger partial charge in [0, 0.05) is 12.0 Å². The van der Waals surface area contributed by atoms with Crippen molar-refractivity contribution in [1.82, 2.24) is 9.97 Å². The van der Waals surface area contributed by atoms with Crippen LogP contribution in [0.3, 0.4) is 0 Å². The van der Waals surface area contributed by atoms with Crippen molar-refractivity contribution < 1.29 is 9.13 Å². The first-order valence-electron chi connectivity index (χ1n) is 7.16. The predicted molar refractivity (Wildman–Crippen MR) is 87.6 cm³/mol. The summed E-state index contributed by atoms with van der Waals surface area (Å²) in [6.07, 6.45) is 2.15. The maximum Gasteiger partial charge on any atom is 0.145 e. The number of nitrogens with zero attached hydrogens (tertiary/aromatic N) is 2. The molecule has 0 aliphatic rings. The highest BCUT2D eigenvalue weighted by atomic mass is 19.1. The lowest BCUT2D eigenvalue weighted by molar-refractivity contribution is 0.415. The lowest BCUT2D eigenvalue weighted by Gasteiger charge is -2.08. The minimum Gasteiger partial charge on any atom is -0.497 e. The van der Waals surface area contributed by atoms with E-state index in [1.54, 1.807) is 25.4 Å². The molecule has 0 atom stereocenters. The van der Waals surface area contributed by atoms with E-state index in [1.807, 2.05) is 24.3 Å². The maximum absolute atomic E-state index is 13.0. The van der Waals surface area contributed by atoms with Crippen molar-refractivity contribution >= 4 is 5.82 Å². The monoisotopic (exact) mass is 309 g/mol. The Labute approximate surface area is 133 Å². The topological polar surface area (TPSA) is 61.0 Å². The molecule has 0 amide bonds. The Morgan fingerprint density at radius 3 is 2.39 bits per heavy atom. The second kappa shape index (κ2) is 6.44. The van der Waals surface area contributed by atoms with Crippen LogP contribution in [0.15, 0.2) is 54.7 Å². The fourth-order valence-electron chi connectivity index (χ4n) is 2.26. The third-order valence-corrected chi connectivity index (χ3v) is 3.55. The first kappa shape index (κ1) is 15.0. The number of nitrogens with two attached hydrogens (primary N) is 1. The first-order chi connectivity index (χ1) is 11.2. The molecular formula is C18H16FN3O. The van der Waals surface area contributed by atoms with Crippen LogP contribution in [0.4, 0.5) is 10.2 Å². The molecule has 0 saturated heterocycles. The van der Waals surface area contributed by atoms with Crippen LogP contribution in [-0.4, -0.2) is 17.1 Å². The highest BCUT2D eigenvalue weighted by Gasteiger charge is 2.08. The van der Waals surface area contributed by atoms with Crippen molar-refractivity contribution in [2.75, 3.05) is 12.8 Å². The molecule has 5 heteroatoms. The number of aromatic nitrogens is 2.